The fraction of sp³-hybridized carbons (Fsp3) is 0.375. The lowest BCUT2D eigenvalue weighted by molar-refractivity contribution is -0.938. The smallest absolute Gasteiger partial charge is 0.333 e. The number of ether oxygens (including phenoxy) is 3. The normalized spacial score (nSPS) is 24.3. The van der Waals surface area contributed by atoms with Crippen molar-refractivity contribution in [3.8, 4) is 11.5 Å². The number of benzene rings is 3. The molecule has 7 heteroatoms. The zero-order valence-electron chi connectivity index (χ0n) is 22.1. The van der Waals surface area contributed by atoms with E-state index in [9.17, 15) is 9.59 Å². The minimum atomic E-state index is -0.610. The summed E-state index contributed by atoms with van der Waals surface area (Å²) in [5.74, 6) is 1.47. The van der Waals surface area contributed by atoms with Crippen molar-refractivity contribution < 1.29 is 28.3 Å². The van der Waals surface area contributed by atoms with Crippen LogP contribution in [0.1, 0.15) is 41.2 Å². The number of carbonyl (C=O) groups is 2. The molecule has 0 aromatic heterocycles. The summed E-state index contributed by atoms with van der Waals surface area (Å²) in [5, 5.41) is 3.37. The predicted octanol–water partition coefficient (Wildman–Crippen LogP) is 5.04. The minimum absolute atomic E-state index is 0.0870. The van der Waals surface area contributed by atoms with E-state index in [1.807, 2.05) is 78.9 Å². The van der Waals surface area contributed by atoms with Gasteiger partial charge in [-0.05, 0) is 35.9 Å². The molecule has 39 heavy (non-hydrogen) atoms. The van der Waals surface area contributed by atoms with Crippen molar-refractivity contribution in [1.82, 2.24) is 0 Å². The summed E-state index contributed by atoms with van der Waals surface area (Å²) in [6.07, 6.45) is 2.52. The SMILES string of the molecule is O=C(C[N+]12CCC(CC1)[C@@H](OC(=O)[C@H](Nc1ccccc1)c1ccccc1)C2)c1ccc2c(c1)OCCCO2. The van der Waals surface area contributed by atoms with Gasteiger partial charge in [0.1, 0.15) is 13.1 Å². The van der Waals surface area contributed by atoms with Gasteiger partial charge in [0.25, 0.3) is 0 Å². The number of quaternary nitrogens is 1. The molecule has 0 amide bonds. The molecule has 4 aliphatic heterocycles. The zero-order chi connectivity index (χ0) is 26.7. The molecule has 202 valence electrons. The van der Waals surface area contributed by atoms with Gasteiger partial charge in [-0.15, -0.1) is 0 Å². The second-order valence-electron chi connectivity index (χ2n) is 10.9. The summed E-state index contributed by atoms with van der Waals surface area (Å²) in [6, 6.07) is 24.3. The van der Waals surface area contributed by atoms with Gasteiger partial charge in [0, 0.05) is 36.4 Å². The number of nitrogens with zero attached hydrogens (tertiary/aromatic N) is 1. The van der Waals surface area contributed by atoms with Crippen LogP contribution in [-0.4, -0.2) is 61.7 Å². The quantitative estimate of drug-likeness (QED) is 0.252. The summed E-state index contributed by atoms with van der Waals surface area (Å²) >= 11 is 0. The molecule has 7 nitrogen and oxygen atoms in total. The average molecular weight is 528 g/mol. The zero-order valence-corrected chi connectivity index (χ0v) is 22.1. The third kappa shape index (κ3) is 5.64. The highest BCUT2D eigenvalue weighted by Crippen LogP contribution is 2.37. The molecule has 4 heterocycles. The molecular formula is C32H35N2O5+. The minimum Gasteiger partial charge on any atom is -0.490 e. The van der Waals surface area contributed by atoms with E-state index < -0.39 is 6.04 Å². The molecule has 0 unspecified atom stereocenters. The Hall–Kier alpha value is -3.84. The molecule has 7 rings (SSSR count). The van der Waals surface area contributed by atoms with Gasteiger partial charge in [-0.3, -0.25) is 4.79 Å². The van der Waals surface area contributed by atoms with Crippen molar-refractivity contribution in [3.63, 3.8) is 0 Å². The first-order valence-electron chi connectivity index (χ1n) is 13.9. The van der Waals surface area contributed by atoms with Crippen LogP contribution in [0.4, 0.5) is 5.69 Å². The Bertz CT molecular complexity index is 1300. The summed E-state index contributed by atoms with van der Waals surface area (Å²) in [4.78, 5) is 27.1. The third-order valence-electron chi connectivity index (χ3n) is 8.31. The number of fused-ring (bicyclic) bond motifs is 4. The second kappa shape index (κ2) is 11.1. The lowest BCUT2D eigenvalue weighted by Gasteiger charge is -2.51. The number of para-hydroxylation sites is 1. The van der Waals surface area contributed by atoms with Crippen LogP contribution in [0.3, 0.4) is 0 Å². The van der Waals surface area contributed by atoms with Crippen LogP contribution in [0.15, 0.2) is 78.9 Å². The number of hydrogen-bond donors (Lipinski definition) is 1. The summed E-state index contributed by atoms with van der Waals surface area (Å²) in [6.45, 7) is 4.12. The van der Waals surface area contributed by atoms with Crippen LogP contribution in [0.2, 0.25) is 0 Å². The lowest BCUT2D eigenvalue weighted by Crippen LogP contribution is -2.65. The van der Waals surface area contributed by atoms with Crippen LogP contribution < -0.4 is 14.8 Å². The Kier molecular flexibility index (Phi) is 7.24. The van der Waals surface area contributed by atoms with Crippen molar-refractivity contribution in [2.24, 2.45) is 5.92 Å². The van der Waals surface area contributed by atoms with Gasteiger partial charge < -0.3 is 24.0 Å². The first-order valence-corrected chi connectivity index (χ1v) is 13.9. The van der Waals surface area contributed by atoms with Crippen molar-refractivity contribution in [2.75, 3.05) is 44.7 Å². The highest BCUT2D eigenvalue weighted by atomic mass is 16.5. The van der Waals surface area contributed by atoms with Crippen molar-refractivity contribution in [1.29, 1.82) is 0 Å². The average Bonchev–Trinajstić information content (AvgIpc) is 3.22. The van der Waals surface area contributed by atoms with Gasteiger partial charge in [0.15, 0.2) is 23.6 Å². The van der Waals surface area contributed by atoms with E-state index in [4.69, 9.17) is 14.2 Å². The number of carbonyl (C=O) groups excluding carboxylic acids is 2. The lowest BCUT2D eigenvalue weighted by atomic mass is 9.82. The van der Waals surface area contributed by atoms with Crippen molar-refractivity contribution >= 4 is 17.4 Å². The van der Waals surface area contributed by atoms with E-state index in [0.29, 0.717) is 53.8 Å². The van der Waals surface area contributed by atoms with Crippen LogP contribution >= 0.6 is 0 Å². The Balaban J connectivity index is 1.16. The van der Waals surface area contributed by atoms with E-state index in [1.54, 1.807) is 0 Å². The van der Waals surface area contributed by atoms with Gasteiger partial charge in [0.05, 0.1) is 26.3 Å². The Morgan fingerprint density at radius 2 is 1.59 bits per heavy atom. The first kappa shape index (κ1) is 25.4. The van der Waals surface area contributed by atoms with Crippen molar-refractivity contribution in [2.45, 2.75) is 31.4 Å². The van der Waals surface area contributed by atoms with Gasteiger partial charge >= 0.3 is 5.97 Å². The third-order valence-corrected chi connectivity index (χ3v) is 8.31. The van der Waals surface area contributed by atoms with Crippen LogP contribution in [0, 0.1) is 5.92 Å². The maximum Gasteiger partial charge on any atom is 0.333 e. The number of ketones is 1. The van der Waals surface area contributed by atoms with E-state index in [1.165, 1.54) is 0 Å². The number of nitrogens with one attached hydrogen (secondary N) is 1. The van der Waals surface area contributed by atoms with Gasteiger partial charge in [0.2, 0.25) is 5.78 Å². The Labute approximate surface area is 229 Å². The van der Waals surface area contributed by atoms with Crippen LogP contribution in [0.5, 0.6) is 11.5 Å². The monoisotopic (exact) mass is 527 g/mol. The maximum absolute atomic E-state index is 13.6. The molecule has 3 saturated heterocycles. The number of esters is 1. The van der Waals surface area contributed by atoms with Crippen LogP contribution in [-0.2, 0) is 9.53 Å². The van der Waals surface area contributed by atoms with E-state index in [-0.39, 0.29) is 17.9 Å². The molecule has 2 bridgehead atoms. The molecule has 0 spiro atoms. The fourth-order valence-electron chi connectivity index (χ4n) is 6.15. The predicted molar refractivity (Wildman–Crippen MR) is 148 cm³/mol. The topological polar surface area (TPSA) is 73.9 Å². The fourth-order valence-corrected chi connectivity index (χ4v) is 6.15. The first-order chi connectivity index (χ1) is 19.1. The molecule has 0 radical (unpaired) electrons. The number of rotatable bonds is 8. The second-order valence-corrected chi connectivity index (χ2v) is 10.9. The molecule has 2 atom stereocenters. The molecule has 3 fully saturated rings. The summed E-state index contributed by atoms with van der Waals surface area (Å²) in [5.41, 5.74) is 2.37. The van der Waals surface area contributed by atoms with E-state index in [0.717, 1.165) is 43.6 Å². The number of Topliss-reactive ketones (excluding diaryl/α,β-unsaturated/α-hetero) is 1. The Morgan fingerprint density at radius 3 is 2.33 bits per heavy atom. The van der Waals surface area contributed by atoms with Crippen LogP contribution in [0.25, 0.3) is 0 Å². The summed E-state index contributed by atoms with van der Waals surface area (Å²) in [7, 11) is 0. The van der Waals surface area contributed by atoms with E-state index in [2.05, 4.69) is 5.32 Å². The standard InChI is InChI=1S/C32H35N2O5/c35-27(25-12-13-28-29(20-25)38-19-7-18-37-28)21-34-16-14-23(15-17-34)30(22-34)39-32(36)31(24-8-3-1-4-9-24)33-26-10-5-2-6-11-26/h1-6,8-13,20,23,30-31,33H,7,14-19,21-22H2/q+1/t23?,30-,31+,34?/m0/s1. The number of hydrogen-bond acceptors (Lipinski definition) is 6. The van der Waals surface area contributed by atoms with E-state index >= 15 is 0 Å². The maximum atomic E-state index is 13.6. The molecule has 1 N–H and O–H groups in total. The van der Waals surface area contributed by atoms with Crippen molar-refractivity contribution in [3.05, 3.63) is 90.0 Å². The molecular weight excluding hydrogens is 492 g/mol. The summed E-state index contributed by atoms with van der Waals surface area (Å²) < 4.78 is 18.4. The largest absolute Gasteiger partial charge is 0.490 e. The molecule has 0 aliphatic carbocycles. The number of piperidine rings is 3. The molecule has 3 aromatic carbocycles. The van der Waals surface area contributed by atoms with Gasteiger partial charge in [-0.25, -0.2) is 4.79 Å². The molecule has 0 saturated carbocycles. The highest BCUT2D eigenvalue weighted by molar-refractivity contribution is 5.97. The van der Waals surface area contributed by atoms with Gasteiger partial charge in [-0.1, -0.05) is 48.5 Å². The highest BCUT2D eigenvalue weighted by Gasteiger charge is 2.49. The van der Waals surface area contributed by atoms with Gasteiger partial charge in [-0.2, -0.15) is 0 Å². The number of anilines is 1. The Morgan fingerprint density at radius 1 is 0.897 bits per heavy atom. The molecule has 4 aliphatic rings. The molecule has 3 aromatic rings.